The zero-order chi connectivity index (χ0) is 25.6. The predicted octanol–water partition coefficient (Wildman–Crippen LogP) is 4.28. The number of hydrogen-bond acceptors (Lipinski definition) is 8. The van der Waals surface area contributed by atoms with Gasteiger partial charge in [0.2, 0.25) is 5.75 Å². The molecule has 186 valence electrons. The zero-order valence-corrected chi connectivity index (χ0v) is 20.9. The smallest absolute Gasteiger partial charge is 0.262 e. The second-order valence-corrected chi connectivity index (χ2v) is 8.94. The Bertz CT molecular complexity index is 1310. The van der Waals surface area contributed by atoms with Crippen LogP contribution in [0.5, 0.6) is 28.7 Å². The molecule has 9 nitrogen and oxygen atoms in total. The van der Waals surface area contributed by atoms with Crippen LogP contribution in [0.25, 0.3) is 12.2 Å². The first-order chi connectivity index (χ1) is 16.8. The van der Waals surface area contributed by atoms with Crippen LogP contribution in [0.3, 0.4) is 0 Å². The van der Waals surface area contributed by atoms with Crippen molar-refractivity contribution >= 4 is 33.6 Å². The number of methoxy groups -OCH3 is 5. The van der Waals surface area contributed by atoms with E-state index in [0.717, 1.165) is 11.1 Å². The van der Waals surface area contributed by atoms with E-state index in [-0.39, 0.29) is 16.3 Å². The maximum absolute atomic E-state index is 13.0. The molecule has 0 fully saturated rings. The number of hydrogen-bond donors (Lipinski definition) is 2. The number of nitrogens with two attached hydrogens (primary N) is 1. The fraction of sp³-hybridized carbons (Fsp3) is 0.200. The lowest BCUT2D eigenvalue weighted by Crippen LogP contribution is -2.14. The van der Waals surface area contributed by atoms with Crippen LogP contribution in [0.4, 0.5) is 11.4 Å². The van der Waals surface area contributed by atoms with E-state index in [2.05, 4.69) is 4.72 Å². The van der Waals surface area contributed by atoms with Crippen LogP contribution >= 0.6 is 0 Å². The third kappa shape index (κ3) is 5.72. The van der Waals surface area contributed by atoms with Crippen molar-refractivity contribution in [3.05, 3.63) is 59.7 Å². The van der Waals surface area contributed by atoms with Gasteiger partial charge in [0.15, 0.2) is 11.5 Å². The van der Waals surface area contributed by atoms with Crippen LogP contribution in [0.1, 0.15) is 11.1 Å². The monoisotopic (exact) mass is 500 g/mol. The van der Waals surface area contributed by atoms with E-state index in [9.17, 15) is 8.42 Å². The Kier molecular flexibility index (Phi) is 7.98. The average molecular weight is 501 g/mol. The van der Waals surface area contributed by atoms with E-state index in [1.807, 2.05) is 12.2 Å². The van der Waals surface area contributed by atoms with Gasteiger partial charge in [0.05, 0.1) is 51.8 Å². The van der Waals surface area contributed by atoms with Crippen LogP contribution in [0.2, 0.25) is 0 Å². The fourth-order valence-electron chi connectivity index (χ4n) is 3.38. The van der Waals surface area contributed by atoms with Crippen molar-refractivity contribution in [1.82, 2.24) is 0 Å². The van der Waals surface area contributed by atoms with E-state index < -0.39 is 10.0 Å². The minimum atomic E-state index is -3.94. The summed E-state index contributed by atoms with van der Waals surface area (Å²) in [4.78, 5) is -0.00350. The number of nitrogens with one attached hydrogen (secondary N) is 1. The first-order valence-corrected chi connectivity index (χ1v) is 11.9. The van der Waals surface area contributed by atoms with Gasteiger partial charge < -0.3 is 29.4 Å². The average Bonchev–Trinajstić information content (AvgIpc) is 2.86. The third-order valence-electron chi connectivity index (χ3n) is 5.13. The van der Waals surface area contributed by atoms with Crippen molar-refractivity contribution in [3.63, 3.8) is 0 Å². The highest BCUT2D eigenvalue weighted by Crippen LogP contribution is 2.39. The number of rotatable bonds is 10. The maximum atomic E-state index is 13.0. The van der Waals surface area contributed by atoms with Gasteiger partial charge in [-0.15, -0.1) is 0 Å². The van der Waals surface area contributed by atoms with Crippen LogP contribution in [-0.2, 0) is 10.0 Å². The van der Waals surface area contributed by atoms with E-state index in [4.69, 9.17) is 29.4 Å². The Hall–Kier alpha value is -4.05. The molecular formula is C25H28N2O7S. The summed E-state index contributed by atoms with van der Waals surface area (Å²) >= 11 is 0. The summed E-state index contributed by atoms with van der Waals surface area (Å²) in [6.45, 7) is 0. The van der Waals surface area contributed by atoms with Gasteiger partial charge in [-0.1, -0.05) is 18.2 Å². The first-order valence-electron chi connectivity index (χ1n) is 10.4. The Balaban J connectivity index is 1.93. The van der Waals surface area contributed by atoms with Crippen molar-refractivity contribution in [1.29, 1.82) is 0 Å². The van der Waals surface area contributed by atoms with Crippen molar-refractivity contribution in [2.24, 2.45) is 0 Å². The number of sulfonamides is 1. The lowest BCUT2D eigenvalue weighted by atomic mass is 10.1. The van der Waals surface area contributed by atoms with Crippen LogP contribution in [-0.4, -0.2) is 44.0 Å². The molecule has 0 heterocycles. The predicted molar refractivity (Wildman–Crippen MR) is 136 cm³/mol. The van der Waals surface area contributed by atoms with E-state index in [1.165, 1.54) is 39.5 Å². The molecule has 10 heteroatoms. The molecule has 0 radical (unpaired) electrons. The Morgan fingerprint density at radius 1 is 0.686 bits per heavy atom. The summed E-state index contributed by atoms with van der Waals surface area (Å²) in [6, 6.07) is 13.0. The molecule has 0 spiro atoms. The van der Waals surface area contributed by atoms with Gasteiger partial charge in [0.25, 0.3) is 10.0 Å². The summed E-state index contributed by atoms with van der Waals surface area (Å²) in [7, 11) is 3.61. The molecular weight excluding hydrogens is 472 g/mol. The van der Waals surface area contributed by atoms with Gasteiger partial charge in [-0.05, 0) is 53.6 Å². The Morgan fingerprint density at radius 2 is 1.26 bits per heavy atom. The topological polar surface area (TPSA) is 118 Å². The van der Waals surface area contributed by atoms with Crippen molar-refractivity contribution < 1.29 is 32.1 Å². The van der Waals surface area contributed by atoms with Gasteiger partial charge >= 0.3 is 0 Å². The van der Waals surface area contributed by atoms with Gasteiger partial charge in [0, 0.05) is 0 Å². The molecule has 3 aromatic carbocycles. The molecule has 3 rings (SSSR count). The number of nitrogen functional groups attached to an aromatic ring is 1. The molecule has 3 N–H and O–H groups in total. The molecule has 0 bridgehead atoms. The highest BCUT2D eigenvalue weighted by Gasteiger charge is 2.18. The second-order valence-electron chi connectivity index (χ2n) is 7.26. The molecule has 35 heavy (non-hydrogen) atoms. The fourth-order valence-corrected chi connectivity index (χ4v) is 4.48. The quantitative estimate of drug-likeness (QED) is 0.313. The first kappa shape index (κ1) is 25.6. The van der Waals surface area contributed by atoms with Crippen molar-refractivity contribution in [3.8, 4) is 28.7 Å². The third-order valence-corrected chi connectivity index (χ3v) is 6.50. The zero-order valence-electron chi connectivity index (χ0n) is 20.1. The van der Waals surface area contributed by atoms with Crippen molar-refractivity contribution in [2.45, 2.75) is 4.90 Å². The SMILES string of the molecule is COc1ccc(S(=O)(=O)Nc2cc(C=Cc3cc(OC)c(OC)c(OC)c3)ccc2OC)cc1N. The highest BCUT2D eigenvalue weighted by molar-refractivity contribution is 7.92. The molecule has 0 saturated carbocycles. The molecule has 0 saturated heterocycles. The van der Waals surface area contributed by atoms with Gasteiger partial charge in [-0.2, -0.15) is 0 Å². The Labute approximate surface area is 205 Å². The van der Waals surface area contributed by atoms with Gasteiger partial charge in [0.1, 0.15) is 11.5 Å². The summed E-state index contributed by atoms with van der Waals surface area (Å²) in [5.74, 6) is 2.29. The highest BCUT2D eigenvalue weighted by atomic mass is 32.2. The van der Waals surface area contributed by atoms with E-state index in [0.29, 0.717) is 28.7 Å². The van der Waals surface area contributed by atoms with Crippen molar-refractivity contribution in [2.75, 3.05) is 46.0 Å². The molecule has 3 aromatic rings. The van der Waals surface area contributed by atoms with Crippen LogP contribution in [0, 0.1) is 0 Å². The summed E-state index contributed by atoms with van der Waals surface area (Å²) < 4.78 is 55.1. The summed E-state index contributed by atoms with van der Waals surface area (Å²) in [5.41, 5.74) is 7.89. The largest absolute Gasteiger partial charge is 0.495 e. The molecule has 0 aromatic heterocycles. The lowest BCUT2D eigenvalue weighted by Gasteiger charge is -2.14. The Morgan fingerprint density at radius 3 is 1.80 bits per heavy atom. The lowest BCUT2D eigenvalue weighted by molar-refractivity contribution is 0.324. The molecule has 0 aliphatic heterocycles. The minimum Gasteiger partial charge on any atom is -0.495 e. The molecule has 0 unspecified atom stereocenters. The summed E-state index contributed by atoms with van der Waals surface area (Å²) in [5, 5.41) is 0. The normalized spacial score (nSPS) is 11.2. The number of anilines is 2. The van der Waals surface area contributed by atoms with E-state index in [1.54, 1.807) is 44.6 Å². The molecule has 0 aliphatic carbocycles. The standard InChI is InChI=1S/C25H28N2O7S/c1-30-21-11-9-18(15-19(21)26)35(28,29)27-20-12-16(8-10-22(20)31-2)6-7-17-13-23(32-3)25(34-5)24(14-17)33-4/h6-15,27H,26H2,1-5H3. The second kappa shape index (κ2) is 10.9. The van der Waals surface area contributed by atoms with Crippen LogP contribution < -0.4 is 34.1 Å². The number of benzene rings is 3. The van der Waals surface area contributed by atoms with Gasteiger partial charge in [-0.3, -0.25) is 4.72 Å². The van der Waals surface area contributed by atoms with Gasteiger partial charge in [-0.25, -0.2) is 8.42 Å². The minimum absolute atomic E-state index is 0.00350. The summed E-state index contributed by atoms with van der Waals surface area (Å²) in [6.07, 6.45) is 3.66. The molecule has 0 aliphatic rings. The molecule has 0 amide bonds. The van der Waals surface area contributed by atoms with E-state index >= 15 is 0 Å². The number of ether oxygens (including phenoxy) is 5. The van der Waals surface area contributed by atoms with Crippen LogP contribution in [0.15, 0.2) is 53.4 Å². The molecule has 0 atom stereocenters. The maximum Gasteiger partial charge on any atom is 0.262 e.